The number of rotatable bonds is 6. The van der Waals surface area contributed by atoms with E-state index in [9.17, 15) is 0 Å². The van der Waals surface area contributed by atoms with Gasteiger partial charge in [-0.25, -0.2) is 0 Å². The van der Waals surface area contributed by atoms with Gasteiger partial charge in [-0.2, -0.15) is 0 Å². The predicted molar refractivity (Wildman–Crippen MR) is 72.8 cm³/mol. The Morgan fingerprint density at radius 2 is 2.26 bits per heavy atom. The van der Waals surface area contributed by atoms with Gasteiger partial charge in [-0.15, -0.1) is 0 Å². The Morgan fingerprint density at radius 3 is 3.05 bits per heavy atom. The lowest BCUT2D eigenvalue weighted by Crippen LogP contribution is -2.17. The highest BCUT2D eigenvalue weighted by Gasteiger charge is 2.35. The van der Waals surface area contributed by atoms with E-state index in [1.165, 1.54) is 24.8 Å². The van der Waals surface area contributed by atoms with Crippen LogP contribution < -0.4 is 19.5 Å². The number of benzene rings is 1. The van der Waals surface area contributed by atoms with Crippen molar-refractivity contribution < 1.29 is 14.2 Å². The molecule has 1 saturated carbocycles. The molecular weight excluding hydrogens is 242 g/mol. The number of nitrogens with one attached hydrogen (secondary N) is 1. The molecule has 19 heavy (non-hydrogen) atoms. The maximum absolute atomic E-state index is 5.43. The second-order valence-electron chi connectivity index (χ2n) is 5.30. The van der Waals surface area contributed by atoms with Crippen molar-refractivity contribution in [3.05, 3.63) is 17.7 Å². The van der Waals surface area contributed by atoms with Crippen molar-refractivity contribution in [3.8, 4) is 17.2 Å². The molecule has 4 heteroatoms. The molecule has 2 aliphatic rings. The molecule has 1 fully saturated rings. The molecule has 3 rings (SSSR count). The zero-order chi connectivity index (χ0) is 13.2. The van der Waals surface area contributed by atoms with Gasteiger partial charge in [0.1, 0.15) is 0 Å². The van der Waals surface area contributed by atoms with E-state index in [1.807, 2.05) is 12.1 Å². The summed E-state index contributed by atoms with van der Waals surface area (Å²) >= 11 is 0. The summed E-state index contributed by atoms with van der Waals surface area (Å²) in [6.07, 6.45) is 3.93. The van der Waals surface area contributed by atoms with Crippen LogP contribution in [0.2, 0.25) is 0 Å². The lowest BCUT2D eigenvalue weighted by molar-refractivity contribution is 0.171. The van der Waals surface area contributed by atoms with Gasteiger partial charge in [-0.1, -0.05) is 13.3 Å². The molecule has 1 aromatic carbocycles. The Labute approximate surface area is 114 Å². The van der Waals surface area contributed by atoms with E-state index in [1.54, 1.807) is 7.11 Å². The summed E-state index contributed by atoms with van der Waals surface area (Å²) in [5.74, 6) is 3.15. The van der Waals surface area contributed by atoms with Crippen molar-refractivity contribution in [2.75, 3.05) is 13.9 Å². The van der Waals surface area contributed by atoms with Gasteiger partial charge in [-0.3, -0.25) is 0 Å². The normalized spacial score (nSPS) is 23.5. The van der Waals surface area contributed by atoms with E-state index < -0.39 is 0 Å². The Hall–Kier alpha value is -1.42. The molecule has 4 nitrogen and oxygen atoms in total. The molecule has 1 N–H and O–H groups in total. The Balaban J connectivity index is 1.62. The van der Waals surface area contributed by atoms with Crippen LogP contribution in [0.15, 0.2) is 12.1 Å². The highest BCUT2D eigenvalue weighted by atomic mass is 16.7. The van der Waals surface area contributed by atoms with Crippen LogP contribution in [-0.4, -0.2) is 19.9 Å². The number of fused-ring (bicyclic) bond motifs is 1. The maximum atomic E-state index is 5.43. The third-order valence-corrected chi connectivity index (χ3v) is 3.87. The molecule has 0 spiro atoms. The summed E-state index contributed by atoms with van der Waals surface area (Å²) in [6.45, 7) is 3.39. The summed E-state index contributed by atoms with van der Waals surface area (Å²) in [4.78, 5) is 0. The third-order valence-electron chi connectivity index (χ3n) is 3.87. The second-order valence-corrected chi connectivity index (χ2v) is 5.30. The third kappa shape index (κ3) is 2.63. The number of hydrogen-bond donors (Lipinski definition) is 1. The SMILES string of the molecule is CCCC1CC1NCc1cc(OC)c2c(c1)OCO2. The van der Waals surface area contributed by atoms with Gasteiger partial charge in [0, 0.05) is 12.6 Å². The van der Waals surface area contributed by atoms with Crippen LogP contribution in [0.1, 0.15) is 31.7 Å². The van der Waals surface area contributed by atoms with Gasteiger partial charge in [-0.05, 0) is 36.5 Å². The minimum atomic E-state index is 0.282. The van der Waals surface area contributed by atoms with Crippen molar-refractivity contribution >= 4 is 0 Å². The zero-order valence-corrected chi connectivity index (χ0v) is 11.6. The summed E-state index contributed by atoms with van der Waals surface area (Å²) in [6, 6.07) is 4.75. The molecule has 2 atom stereocenters. The quantitative estimate of drug-likeness (QED) is 0.856. The van der Waals surface area contributed by atoms with Crippen LogP contribution in [0.25, 0.3) is 0 Å². The fraction of sp³-hybridized carbons (Fsp3) is 0.600. The lowest BCUT2D eigenvalue weighted by atomic mass is 10.1. The first-order valence-electron chi connectivity index (χ1n) is 7.01. The monoisotopic (exact) mass is 263 g/mol. The van der Waals surface area contributed by atoms with E-state index in [4.69, 9.17) is 14.2 Å². The predicted octanol–water partition coefficient (Wildman–Crippen LogP) is 2.70. The topological polar surface area (TPSA) is 39.7 Å². The molecule has 0 aromatic heterocycles. The molecule has 104 valence electrons. The van der Waals surface area contributed by atoms with Gasteiger partial charge in [0.2, 0.25) is 12.5 Å². The van der Waals surface area contributed by atoms with Gasteiger partial charge in [0.15, 0.2) is 11.5 Å². The van der Waals surface area contributed by atoms with Gasteiger partial charge in [0.25, 0.3) is 0 Å². The highest BCUT2D eigenvalue weighted by Crippen LogP contribution is 2.42. The molecule has 1 aliphatic carbocycles. The van der Waals surface area contributed by atoms with Crippen molar-refractivity contribution in [3.63, 3.8) is 0 Å². The van der Waals surface area contributed by atoms with Gasteiger partial charge < -0.3 is 19.5 Å². The summed E-state index contributed by atoms with van der Waals surface area (Å²) < 4.78 is 16.2. The van der Waals surface area contributed by atoms with Crippen molar-refractivity contribution in [2.24, 2.45) is 5.92 Å². The molecule has 1 aromatic rings. The first-order valence-corrected chi connectivity index (χ1v) is 7.01. The minimum Gasteiger partial charge on any atom is -0.493 e. The first kappa shape index (κ1) is 12.6. The fourth-order valence-corrected chi connectivity index (χ4v) is 2.72. The van der Waals surface area contributed by atoms with Crippen LogP contribution in [-0.2, 0) is 6.54 Å². The summed E-state index contributed by atoms with van der Waals surface area (Å²) in [5.41, 5.74) is 1.18. The average molecular weight is 263 g/mol. The molecule has 1 aliphatic heterocycles. The first-order chi connectivity index (χ1) is 9.31. The van der Waals surface area contributed by atoms with Crippen LogP contribution in [0.4, 0.5) is 0 Å². The summed E-state index contributed by atoms with van der Waals surface area (Å²) in [5, 5.41) is 3.60. The van der Waals surface area contributed by atoms with Crippen LogP contribution in [0.3, 0.4) is 0 Å². The standard InChI is InChI=1S/C15H21NO3/c1-3-4-11-7-12(11)16-8-10-5-13(17-2)15-14(6-10)18-9-19-15/h5-6,11-12,16H,3-4,7-9H2,1-2H3. The lowest BCUT2D eigenvalue weighted by Gasteiger charge is -2.09. The van der Waals surface area contributed by atoms with Crippen molar-refractivity contribution in [1.29, 1.82) is 0 Å². The highest BCUT2D eigenvalue weighted by molar-refractivity contribution is 5.55. The smallest absolute Gasteiger partial charge is 0.231 e. The van der Waals surface area contributed by atoms with E-state index in [2.05, 4.69) is 12.2 Å². The average Bonchev–Trinajstić information content (AvgIpc) is 2.98. The second kappa shape index (κ2) is 5.29. The largest absolute Gasteiger partial charge is 0.493 e. The molecule has 0 amide bonds. The molecule has 2 unspecified atom stereocenters. The molecular formula is C15H21NO3. The van der Waals surface area contributed by atoms with E-state index in [0.717, 1.165) is 29.7 Å². The van der Waals surface area contributed by atoms with Crippen molar-refractivity contribution in [1.82, 2.24) is 5.32 Å². The van der Waals surface area contributed by atoms with E-state index in [-0.39, 0.29) is 6.79 Å². The molecule has 0 radical (unpaired) electrons. The van der Waals surface area contributed by atoms with Gasteiger partial charge >= 0.3 is 0 Å². The number of hydrogen-bond acceptors (Lipinski definition) is 4. The van der Waals surface area contributed by atoms with Crippen LogP contribution in [0.5, 0.6) is 17.2 Å². The molecule has 1 heterocycles. The number of ether oxygens (including phenoxy) is 3. The van der Waals surface area contributed by atoms with Crippen LogP contribution in [0, 0.1) is 5.92 Å². The zero-order valence-electron chi connectivity index (χ0n) is 11.6. The molecule has 0 bridgehead atoms. The fourth-order valence-electron chi connectivity index (χ4n) is 2.72. The maximum Gasteiger partial charge on any atom is 0.231 e. The Morgan fingerprint density at radius 1 is 1.37 bits per heavy atom. The summed E-state index contributed by atoms with van der Waals surface area (Å²) in [7, 11) is 1.66. The minimum absolute atomic E-state index is 0.282. The number of methoxy groups -OCH3 is 1. The Bertz CT molecular complexity index is 461. The Kier molecular flexibility index (Phi) is 3.51. The van der Waals surface area contributed by atoms with Crippen LogP contribution >= 0.6 is 0 Å². The molecule has 0 saturated heterocycles. The van der Waals surface area contributed by atoms with E-state index >= 15 is 0 Å². The van der Waals surface area contributed by atoms with E-state index in [0.29, 0.717) is 6.04 Å². The van der Waals surface area contributed by atoms with Crippen molar-refractivity contribution in [2.45, 2.75) is 38.8 Å². The van der Waals surface area contributed by atoms with Gasteiger partial charge in [0.05, 0.1) is 7.11 Å².